The molecule has 28 heavy (non-hydrogen) atoms. The van der Waals surface area contributed by atoms with E-state index in [1.165, 1.54) is 39.9 Å². The minimum Gasteiger partial charge on any atom is -0.296 e. The Labute approximate surface area is 170 Å². The molecule has 1 fully saturated rings. The van der Waals surface area contributed by atoms with E-state index in [9.17, 15) is 13.2 Å². The lowest BCUT2D eigenvalue weighted by molar-refractivity contribution is 0.102. The Morgan fingerprint density at radius 1 is 1.11 bits per heavy atom. The highest BCUT2D eigenvalue weighted by atomic mass is 32.2. The Hall–Kier alpha value is -1.84. The predicted octanol–water partition coefficient (Wildman–Crippen LogP) is 3.70. The highest BCUT2D eigenvalue weighted by molar-refractivity contribution is 7.89. The van der Waals surface area contributed by atoms with Gasteiger partial charge in [-0.3, -0.25) is 10.1 Å². The molecule has 2 heterocycles. The summed E-state index contributed by atoms with van der Waals surface area (Å²) in [5.74, 6) is -0.321. The van der Waals surface area contributed by atoms with E-state index in [0.29, 0.717) is 23.8 Å². The van der Waals surface area contributed by atoms with Crippen molar-refractivity contribution in [2.45, 2.75) is 56.8 Å². The van der Waals surface area contributed by atoms with Crippen LogP contribution in [0.25, 0.3) is 0 Å². The number of sulfonamides is 1. The van der Waals surface area contributed by atoms with Crippen LogP contribution in [0.2, 0.25) is 0 Å². The Balaban J connectivity index is 1.62. The van der Waals surface area contributed by atoms with Gasteiger partial charge >= 0.3 is 0 Å². The van der Waals surface area contributed by atoms with Crippen LogP contribution < -0.4 is 5.32 Å². The molecule has 1 saturated heterocycles. The van der Waals surface area contributed by atoms with Gasteiger partial charge in [-0.05, 0) is 43.5 Å². The topological polar surface area (TPSA) is 92.3 Å². The van der Waals surface area contributed by atoms with Crippen molar-refractivity contribution in [1.29, 1.82) is 0 Å². The molecule has 9 heteroatoms. The van der Waals surface area contributed by atoms with Crippen LogP contribution >= 0.6 is 11.3 Å². The molecule has 1 aromatic heterocycles. The highest BCUT2D eigenvalue weighted by Gasteiger charge is 2.26. The van der Waals surface area contributed by atoms with Gasteiger partial charge in [0.1, 0.15) is 5.01 Å². The number of nitrogens with zero attached hydrogens (tertiary/aromatic N) is 3. The second-order valence-electron chi connectivity index (χ2n) is 6.90. The fourth-order valence-corrected chi connectivity index (χ4v) is 5.43. The second-order valence-corrected chi connectivity index (χ2v) is 9.90. The van der Waals surface area contributed by atoms with E-state index in [4.69, 9.17) is 0 Å². The summed E-state index contributed by atoms with van der Waals surface area (Å²) >= 11 is 1.38. The van der Waals surface area contributed by atoms with E-state index in [0.717, 1.165) is 50.0 Å². The zero-order valence-electron chi connectivity index (χ0n) is 16.1. The standard InChI is InChI=1S/C19H26N4O3S2/c1-2-3-5-8-17-21-22-19(27-17)20-18(24)15-9-11-16(12-10-15)28(25,26)23-13-6-4-7-14-23/h9-12H,2-8,13-14H2,1H3,(H,20,22,24). The third kappa shape index (κ3) is 5.15. The lowest BCUT2D eigenvalue weighted by atomic mass is 10.2. The quantitative estimate of drug-likeness (QED) is 0.655. The summed E-state index contributed by atoms with van der Waals surface area (Å²) in [4.78, 5) is 12.6. The van der Waals surface area contributed by atoms with Gasteiger partial charge in [-0.25, -0.2) is 8.42 Å². The van der Waals surface area contributed by atoms with Gasteiger partial charge in [-0.2, -0.15) is 4.31 Å². The number of hydrogen-bond acceptors (Lipinski definition) is 6. The molecule has 7 nitrogen and oxygen atoms in total. The van der Waals surface area contributed by atoms with Gasteiger partial charge in [-0.1, -0.05) is 37.5 Å². The minimum atomic E-state index is -3.49. The lowest BCUT2D eigenvalue weighted by Crippen LogP contribution is -2.35. The van der Waals surface area contributed by atoms with E-state index in [1.807, 2.05) is 0 Å². The van der Waals surface area contributed by atoms with Crippen molar-refractivity contribution in [2.75, 3.05) is 18.4 Å². The summed E-state index contributed by atoms with van der Waals surface area (Å²) < 4.78 is 26.9. The first-order valence-corrected chi connectivity index (χ1v) is 12.0. The predicted molar refractivity (Wildman–Crippen MR) is 110 cm³/mol. The van der Waals surface area contributed by atoms with Gasteiger partial charge in [-0.15, -0.1) is 10.2 Å². The smallest absolute Gasteiger partial charge is 0.257 e. The molecule has 1 amide bonds. The van der Waals surface area contributed by atoms with Crippen molar-refractivity contribution < 1.29 is 13.2 Å². The minimum absolute atomic E-state index is 0.222. The molecular formula is C19H26N4O3S2. The fraction of sp³-hybridized carbons (Fsp3) is 0.526. The lowest BCUT2D eigenvalue weighted by Gasteiger charge is -2.25. The van der Waals surface area contributed by atoms with Crippen LogP contribution in [0.15, 0.2) is 29.2 Å². The summed E-state index contributed by atoms with van der Waals surface area (Å²) in [6, 6.07) is 6.06. The summed E-state index contributed by atoms with van der Waals surface area (Å²) in [7, 11) is -3.49. The molecule has 0 saturated carbocycles. The summed E-state index contributed by atoms with van der Waals surface area (Å²) in [6.07, 6.45) is 7.07. The van der Waals surface area contributed by atoms with Gasteiger partial charge in [0, 0.05) is 25.1 Å². The average Bonchev–Trinajstić information content (AvgIpc) is 3.16. The number of unbranched alkanes of at least 4 members (excludes halogenated alkanes) is 2. The molecule has 0 atom stereocenters. The molecule has 1 N–H and O–H groups in total. The Bertz CT molecular complexity index is 888. The number of hydrogen-bond donors (Lipinski definition) is 1. The van der Waals surface area contributed by atoms with Crippen molar-refractivity contribution in [3.8, 4) is 0 Å². The number of carbonyl (C=O) groups is 1. The normalized spacial score (nSPS) is 15.5. The zero-order valence-corrected chi connectivity index (χ0v) is 17.7. The Kier molecular flexibility index (Phi) is 7.14. The molecular weight excluding hydrogens is 396 g/mol. The average molecular weight is 423 g/mol. The first-order valence-electron chi connectivity index (χ1n) is 9.74. The monoisotopic (exact) mass is 422 g/mol. The molecule has 0 spiro atoms. The van der Waals surface area contributed by atoms with Gasteiger partial charge in [0.25, 0.3) is 5.91 Å². The van der Waals surface area contributed by atoms with Crippen LogP contribution in [-0.4, -0.2) is 41.9 Å². The Morgan fingerprint density at radius 3 is 2.50 bits per heavy atom. The molecule has 1 aromatic carbocycles. The van der Waals surface area contributed by atoms with Crippen LogP contribution in [0.5, 0.6) is 0 Å². The molecule has 3 rings (SSSR count). The number of anilines is 1. The van der Waals surface area contributed by atoms with Crippen LogP contribution in [0.3, 0.4) is 0 Å². The zero-order chi connectivity index (χ0) is 20.0. The molecule has 0 radical (unpaired) electrons. The first-order chi connectivity index (χ1) is 13.5. The van der Waals surface area contributed by atoms with E-state index < -0.39 is 10.0 Å². The fourth-order valence-electron chi connectivity index (χ4n) is 3.13. The van der Waals surface area contributed by atoms with E-state index in [2.05, 4.69) is 22.4 Å². The van der Waals surface area contributed by atoms with Crippen molar-refractivity contribution in [2.24, 2.45) is 0 Å². The SMILES string of the molecule is CCCCCc1nnc(NC(=O)c2ccc(S(=O)(=O)N3CCCCC3)cc2)s1. The van der Waals surface area contributed by atoms with Crippen LogP contribution in [0, 0.1) is 0 Å². The maximum Gasteiger partial charge on any atom is 0.257 e. The number of amides is 1. The molecule has 0 bridgehead atoms. The number of piperidine rings is 1. The Morgan fingerprint density at radius 2 is 1.82 bits per heavy atom. The van der Waals surface area contributed by atoms with Gasteiger partial charge < -0.3 is 0 Å². The van der Waals surface area contributed by atoms with Crippen molar-refractivity contribution in [3.63, 3.8) is 0 Å². The number of carbonyl (C=O) groups excluding carboxylic acids is 1. The third-order valence-electron chi connectivity index (χ3n) is 4.75. The van der Waals surface area contributed by atoms with Gasteiger partial charge in [0.05, 0.1) is 4.90 Å². The third-order valence-corrected chi connectivity index (χ3v) is 7.56. The summed E-state index contributed by atoms with van der Waals surface area (Å²) in [6.45, 7) is 3.26. The molecule has 152 valence electrons. The largest absolute Gasteiger partial charge is 0.296 e. The van der Waals surface area contributed by atoms with E-state index in [1.54, 1.807) is 0 Å². The van der Waals surface area contributed by atoms with Crippen LogP contribution in [0.1, 0.15) is 60.8 Å². The molecule has 1 aliphatic rings. The molecule has 0 aliphatic carbocycles. The highest BCUT2D eigenvalue weighted by Crippen LogP contribution is 2.22. The molecule has 2 aromatic rings. The van der Waals surface area contributed by atoms with Crippen molar-refractivity contribution >= 4 is 32.4 Å². The summed E-state index contributed by atoms with van der Waals surface area (Å²) in [5.41, 5.74) is 0.389. The number of aromatic nitrogens is 2. The molecule has 1 aliphatic heterocycles. The number of aryl methyl sites for hydroxylation is 1. The van der Waals surface area contributed by atoms with Crippen molar-refractivity contribution in [1.82, 2.24) is 14.5 Å². The number of benzene rings is 1. The van der Waals surface area contributed by atoms with E-state index in [-0.39, 0.29) is 10.8 Å². The molecule has 0 unspecified atom stereocenters. The van der Waals surface area contributed by atoms with Crippen LogP contribution in [0.4, 0.5) is 5.13 Å². The van der Waals surface area contributed by atoms with E-state index >= 15 is 0 Å². The number of rotatable bonds is 8. The first kappa shape index (κ1) is 20.9. The number of nitrogens with one attached hydrogen (secondary N) is 1. The second kappa shape index (κ2) is 9.58. The maximum absolute atomic E-state index is 12.7. The van der Waals surface area contributed by atoms with Crippen molar-refractivity contribution in [3.05, 3.63) is 34.8 Å². The van der Waals surface area contributed by atoms with Crippen LogP contribution in [-0.2, 0) is 16.4 Å². The van der Waals surface area contributed by atoms with Gasteiger partial charge in [0.15, 0.2) is 0 Å². The maximum atomic E-state index is 12.7. The summed E-state index contributed by atoms with van der Waals surface area (Å²) in [5, 5.41) is 12.2. The van der Waals surface area contributed by atoms with Gasteiger partial charge in [0.2, 0.25) is 15.2 Å².